The van der Waals surface area contributed by atoms with Crippen LogP contribution in [0.25, 0.3) is 0 Å². The summed E-state index contributed by atoms with van der Waals surface area (Å²) in [5.41, 5.74) is 3.04. The fraction of sp³-hybridized carbons (Fsp3) is 0.778. The number of hydrogen-bond donors (Lipinski definition) is 2. The third-order valence-corrected chi connectivity index (χ3v) is 16.0. The van der Waals surface area contributed by atoms with Crippen LogP contribution in [0.5, 0.6) is 0 Å². The minimum Gasteiger partial charge on any atom is -0.462 e. The van der Waals surface area contributed by atoms with Gasteiger partial charge in [0.25, 0.3) is 0 Å². The molecule has 394 valence electrons. The molecule has 69 heavy (non-hydrogen) atoms. The molecule has 0 saturated heterocycles. The summed E-state index contributed by atoms with van der Waals surface area (Å²) in [6.45, 7) is 17.5. The highest BCUT2D eigenvalue weighted by atomic mass is 16.5. The number of ether oxygens (including phenoxy) is 2. The Hall–Kier alpha value is -2.70. The average Bonchev–Trinajstić information content (AvgIpc) is 3.67. The van der Waals surface area contributed by atoms with Crippen molar-refractivity contribution >= 4 is 11.9 Å². The standard InChI is InChI=1S/C63H106O6/c1-8-10-12-14-15-16-17-18-19-20-21-22-26-29-33-41-60(65)68-55(39-31-13-11-9-2)40-32-28-25-23-24-27-30-34-42-61(66)69-56-49-54(52(4)59(64)50-56)44-43-53-38-36-48-63(7)57(45-46-58(53)63)51(3)37-35-47-62(5,6)67/h15-16,18-19,28,32,43-44,51,55-59,64,67H,4,8-14,17,20-27,29-31,33-42,45-50H2,1-3,5-7H3/b16-15-,19-18-,32-28-,53-43+,54-44-/t51-,55-,56-,57-,58+,59+,63-/m1/s1. The van der Waals surface area contributed by atoms with Gasteiger partial charge in [-0.25, -0.2) is 0 Å². The van der Waals surface area contributed by atoms with E-state index in [9.17, 15) is 19.8 Å². The number of aliphatic hydroxyl groups excluding tert-OH is 1. The van der Waals surface area contributed by atoms with E-state index in [4.69, 9.17) is 9.47 Å². The van der Waals surface area contributed by atoms with Crippen LogP contribution in [0, 0.1) is 23.2 Å². The Morgan fingerprint density at radius 2 is 1.35 bits per heavy atom. The molecule has 0 aromatic carbocycles. The van der Waals surface area contributed by atoms with Crippen LogP contribution in [-0.4, -0.2) is 46.1 Å². The van der Waals surface area contributed by atoms with Crippen molar-refractivity contribution in [2.24, 2.45) is 23.2 Å². The topological polar surface area (TPSA) is 93.1 Å². The fourth-order valence-electron chi connectivity index (χ4n) is 11.8. The quantitative estimate of drug-likeness (QED) is 0.0366. The van der Waals surface area contributed by atoms with Crippen LogP contribution in [-0.2, 0) is 19.1 Å². The van der Waals surface area contributed by atoms with Crippen molar-refractivity contribution in [1.82, 2.24) is 0 Å². The van der Waals surface area contributed by atoms with E-state index in [0.29, 0.717) is 48.9 Å². The minimum absolute atomic E-state index is 0.0194. The second-order valence-electron chi connectivity index (χ2n) is 22.8. The molecule has 3 aliphatic carbocycles. The van der Waals surface area contributed by atoms with Gasteiger partial charge in [-0.3, -0.25) is 9.59 Å². The van der Waals surface area contributed by atoms with Gasteiger partial charge in [-0.15, -0.1) is 0 Å². The smallest absolute Gasteiger partial charge is 0.306 e. The van der Waals surface area contributed by atoms with Gasteiger partial charge in [-0.05, 0) is 157 Å². The largest absolute Gasteiger partial charge is 0.462 e. The molecule has 0 aromatic rings. The first-order valence-corrected chi connectivity index (χ1v) is 29.1. The lowest BCUT2D eigenvalue weighted by molar-refractivity contribution is -0.151. The van der Waals surface area contributed by atoms with Crippen LogP contribution in [0.4, 0.5) is 0 Å². The summed E-state index contributed by atoms with van der Waals surface area (Å²) in [5.74, 6) is 1.77. The summed E-state index contributed by atoms with van der Waals surface area (Å²) in [6.07, 6.45) is 54.1. The summed E-state index contributed by atoms with van der Waals surface area (Å²) >= 11 is 0. The molecule has 3 fully saturated rings. The van der Waals surface area contributed by atoms with E-state index in [1.54, 1.807) is 0 Å². The molecule has 7 atom stereocenters. The van der Waals surface area contributed by atoms with Crippen molar-refractivity contribution in [3.05, 3.63) is 71.9 Å². The maximum Gasteiger partial charge on any atom is 0.306 e. The van der Waals surface area contributed by atoms with Gasteiger partial charge in [0.05, 0.1) is 11.7 Å². The molecular formula is C63H106O6. The molecule has 0 radical (unpaired) electrons. The summed E-state index contributed by atoms with van der Waals surface area (Å²) in [7, 11) is 0. The highest BCUT2D eigenvalue weighted by Crippen LogP contribution is 2.60. The summed E-state index contributed by atoms with van der Waals surface area (Å²) in [6, 6.07) is 0. The Bertz CT molecular complexity index is 1570. The molecule has 0 spiro atoms. The number of rotatable bonds is 37. The Morgan fingerprint density at radius 1 is 0.754 bits per heavy atom. The zero-order valence-electron chi connectivity index (χ0n) is 45.6. The molecule has 0 aromatic heterocycles. The number of allylic oxidation sites excluding steroid dienone is 8. The Kier molecular flexibility index (Phi) is 31.1. The van der Waals surface area contributed by atoms with Crippen LogP contribution >= 0.6 is 0 Å². The van der Waals surface area contributed by atoms with E-state index in [2.05, 4.69) is 82.9 Å². The molecule has 0 amide bonds. The molecule has 6 heteroatoms. The molecule has 0 bridgehead atoms. The SMILES string of the molecule is C=C1/C(=C\C=C2/CCC[C@]3(C)[C@@H]([C@H](C)CCCC(C)(C)O)CC[C@@H]23)C[C@@H](OC(=O)CCCCCCC/C=C\C[C@@H](CCCCCC)OC(=O)CCCCCCC/C=C\C/C=C\CCCCC)C[C@@H]1O. The molecule has 0 unspecified atom stereocenters. The van der Waals surface area contributed by atoms with Gasteiger partial charge in [0, 0.05) is 32.1 Å². The monoisotopic (exact) mass is 959 g/mol. The van der Waals surface area contributed by atoms with Crippen LogP contribution in [0.1, 0.15) is 266 Å². The zero-order valence-corrected chi connectivity index (χ0v) is 45.6. The molecule has 6 nitrogen and oxygen atoms in total. The number of fused-ring (bicyclic) bond motifs is 1. The lowest BCUT2D eigenvalue weighted by atomic mass is 9.60. The van der Waals surface area contributed by atoms with Crippen molar-refractivity contribution in [3.63, 3.8) is 0 Å². The molecule has 3 saturated carbocycles. The molecule has 3 rings (SSSR count). The van der Waals surface area contributed by atoms with Gasteiger partial charge in [0.2, 0.25) is 0 Å². The first-order chi connectivity index (χ1) is 33.3. The van der Waals surface area contributed by atoms with Gasteiger partial charge in [0.15, 0.2) is 0 Å². The number of carbonyl (C=O) groups excluding carboxylic acids is 2. The number of unbranched alkanes of at least 4 members (excludes halogenated alkanes) is 16. The number of aliphatic hydroxyl groups is 2. The van der Waals surface area contributed by atoms with Crippen molar-refractivity contribution < 1.29 is 29.3 Å². The highest BCUT2D eigenvalue weighted by Gasteiger charge is 2.50. The predicted molar refractivity (Wildman–Crippen MR) is 292 cm³/mol. The van der Waals surface area contributed by atoms with E-state index in [-0.39, 0.29) is 24.1 Å². The van der Waals surface area contributed by atoms with Crippen molar-refractivity contribution in [1.29, 1.82) is 0 Å². The Balaban J connectivity index is 1.29. The van der Waals surface area contributed by atoms with Crippen molar-refractivity contribution in [2.45, 2.75) is 290 Å². The van der Waals surface area contributed by atoms with Crippen LogP contribution in [0.3, 0.4) is 0 Å². The number of hydrogen-bond acceptors (Lipinski definition) is 6. The van der Waals surface area contributed by atoms with Gasteiger partial charge < -0.3 is 19.7 Å². The second-order valence-corrected chi connectivity index (χ2v) is 22.8. The van der Waals surface area contributed by atoms with Crippen LogP contribution in [0.15, 0.2) is 71.9 Å². The van der Waals surface area contributed by atoms with E-state index in [0.717, 1.165) is 114 Å². The van der Waals surface area contributed by atoms with E-state index >= 15 is 0 Å². The van der Waals surface area contributed by atoms with Gasteiger partial charge >= 0.3 is 11.9 Å². The molecule has 3 aliphatic rings. The lowest BCUT2D eigenvalue weighted by Crippen LogP contribution is -2.36. The second kappa shape index (κ2) is 35.4. The Morgan fingerprint density at radius 3 is 2.01 bits per heavy atom. The van der Waals surface area contributed by atoms with Gasteiger partial charge in [-0.1, -0.05) is 172 Å². The maximum atomic E-state index is 13.0. The van der Waals surface area contributed by atoms with Crippen molar-refractivity contribution in [3.8, 4) is 0 Å². The van der Waals surface area contributed by atoms with Crippen LogP contribution in [0.2, 0.25) is 0 Å². The van der Waals surface area contributed by atoms with Crippen molar-refractivity contribution in [2.75, 3.05) is 0 Å². The Labute approximate surface area is 424 Å². The zero-order chi connectivity index (χ0) is 50.2. The van der Waals surface area contributed by atoms with E-state index in [1.807, 2.05) is 13.8 Å². The maximum absolute atomic E-state index is 13.0. The molecular weight excluding hydrogens is 853 g/mol. The fourth-order valence-corrected chi connectivity index (χ4v) is 11.8. The summed E-state index contributed by atoms with van der Waals surface area (Å²) in [4.78, 5) is 25.7. The third-order valence-electron chi connectivity index (χ3n) is 16.0. The molecule has 0 heterocycles. The average molecular weight is 960 g/mol. The summed E-state index contributed by atoms with van der Waals surface area (Å²) in [5, 5.41) is 21.2. The number of esters is 2. The first kappa shape index (κ1) is 60.6. The first-order valence-electron chi connectivity index (χ1n) is 29.1. The van der Waals surface area contributed by atoms with E-state index < -0.39 is 11.7 Å². The number of carbonyl (C=O) groups is 2. The molecule has 2 N–H and O–H groups in total. The predicted octanol–water partition coefficient (Wildman–Crippen LogP) is 17.6. The van der Waals surface area contributed by atoms with Crippen LogP contribution < -0.4 is 0 Å². The normalized spacial score (nSPS) is 24.3. The van der Waals surface area contributed by atoms with Gasteiger partial charge in [-0.2, -0.15) is 0 Å². The highest BCUT2D eigenvalue weighted by molar-refractivity contribution is 5.70. The van der Waals surface area contributed by atoms with Gasteiger partial charge in [0.1, 0.15) is 12.2 Å². The summed E-state index contributed by atoms with van der Waals surface area (Å²) < 4.78 is 12.0. The lowest BCUT2D eigenvalue weighted by Gasteiger charge is -2.44. The van der Waals surface area contributed by atoms with E-state index in [1.165, 1.54) is 102 Å². The minimum atomic E-state index is -0.690. The third kappa shape index (κ3) is 25.5. The molecule has 0 aliphatic heterocycles.